The summed E-state index contributed by atoms with van der Waals surface area (Å²) in [5, 5.41) is 0. The Morgan fingerprint density at radius 3 is 1.17 bits per heavy atom. The van der Waals surface area contributed by atoms with Crippen molar-refractivity contribution in [3.63, 3.8) is 0 Å². The van der Waals surface area contributed by atoms with Crippen LogP contribution in [0, 0.1) is 0 Å². The molecule has 0 N–H and O–H groups in total. The van der Waals surface area contributed by atoms with Crippen molar-refractivity contribution >= 4 is 43.4 Å². The fourth-order valence-electron chi connectivity index (χ4n) is 4.28. The fourth-order valence-corrected chi connectivity index (χ4v) is 5.07. The molecular formula is C20H10Br2O2. The Morgan fingerprint density at radius 2 is 0.875 bits per heavy atom. The second-order valence-corrected chi connectivity index (χ2v) is 7.82. The number of rotatable bonds is 0. The highest BCUT2D eigenvalue weighted by atomic mass is 79.9. The Hall–Kier alpha value is -1.78. The van der Waals surface area contributed by atoms with Crippen molar-refractivity contribution in [1.82, 2.24) is 0 Å². The molecule has 0 unspecified atom stereocenters. The minimum absolute atomic E-state index is 0.0875. The number of allylic oxidation sites excluding steroid dienone is 4. The van der Waals surface area contributed by atoms with E-state index in [0.717, 1.165) is 22.3 Å². The van der Waals surface area contributed by atoms with Gasteiger partial charge in [0.15, 0.2) is 11.6 Å². The van der Waals surface area contributed by atoms with Crippen molar-refractivity contribution in [1.29, 1.82) is 0 Å². The van der Waals surface area contributed by atoms with Crippen LogP contribution in [0.5, 0.6) is 0 Å². The summed E-state index contributed by atoms with van der Waals surface area (Å²) >= 11 is 6.60. The number of halogens is 2. The fraction of sp³-hybridized carbons (Fsp3) is 0.100. The summed E-state index contributed by atoms with van der Waals surface area (Å²) in [6, 6.07) is 16.3. The molecule has 0 fully saturated rings. The Morgan fingerprint density at radius 1 is 0.583 bits per heavy atom. The zero-order valence-electron chi connectivity index (χ0n) is 12.3. The molecule has 0 aromatic heterocycles. The van der Waals surface area contributed by atoms with Crippen molar-refractivity contribution in [3.8, 4) is 0 Å². The van der Waals surface area contributed by atoms with Gasteiger partial charge in [0.05, 0.1) is 8.96 Å². The lowest BCUT2D eigenvalue weighted by Gasteiger charge is -2.43. The van der Waals surface area contributed by atoms with Crippen LogP contribution in [0.15, 0.2) is 68.6 Å². The predicted octanol–water partition coefficient (Wildman–Crippen LogP) is 4.73. The van der Waals surface area contributed by atoms with Crippen LogP contribution in [-0.4, -0.2) is 11.6 Å². The average Bonchev–Trinajstić information content (AvgIpc) is 2.64. The van der Waals surface area contributed by atoms with Crippen molar-refractivity contribution in [2.24, 2.45) is 0 Å². The number of carbonyl (C=O) groups is 2. The Balaban J connectivity index is 1.89. The first-order valence-electron chi connectivity index (χ1n) is 7.67. The van der Waals surface area contributed by atoms with Crippen molar-refractivity contribution in [2.75, 3.05) is 0 Å². The third-order valence-corrected chi connectivity index (χ3v) is 7.23. The second-order valence-electron chi connectivity index (χ2n) is 6.24. The minimum Gasteiger partial charge on any atom is -0.288 e. The molecule has 0 aliphatic heterocycles. The van der Waals surface area contributed by atoms with E-state index < -0.39 is 0 Å². The molecule has 24 heavy (non-hydrogen) atoms. The maximum Gasteiger partial charge on any atom is 0.198 e. The predicted molar refractivity (Wildman–Crippen MR) is 98.5 cm³/mol. The highest BCUT2D eigenvalue weighted by molar-refractivity contribution is 9.14. The van der Waals surface area contributed by atoms with Crippen molar-refractivity contribution in [2.45, 2.75) is 11.8 Å². The van der Waals surface area contributed by atoms with Gasteiger partial charge in [-0.3, -0.25) is 9.59 Å². The smallest absolute Gasteiger partial charge is 0.198 e. The molecule has 6 rings (SSSR count). The molecule has 116 valence electrons. The van der Waals surface area contributed by atoms with Gasteiger partial charge >= 0.3 is 0 Å². The Bertz CT molecular complexity index is 902. The number of carbonyl (C=O) groups excluding carboxylic acids is 2. The summed E-state index contributed by atoms with van der Waals surface area (Å²) in [6.07, 6.45) is 0. The van der Waals surface area contributed by atoms with Crippen LogP contribution in [0.3, 0.4) is 0 Å². The van der Waals surface area contributed by atoms with E-state index in [2.05, 4.69) is 56.1 Å². The first-order chi connectivity index (χ1) is 11.6. The molecule has 0 radical (unpaired) electrons. The van der Waals surface area contributed by atoms with Gasteiger partial charge in [-0.15, -0.1) is 0 Å². The molecule has 0 saturated heterocycles. The van der Waals surface area contributed by atoms with Crippen LogP contribution < -0.4 is 0 Å². The van der Waals surface area contributed by atoms with E-state index in [1.807, 2.05) is 24.3 Å². The van der Waals surface area contributed by atoms with Crippen LogP contribution in [0.1, 0.15) is 34.1 Å². The molecule has 4 heteroatoms. The van der Waals surface area contributed by atoms with Crippen LogP contribution in [-0.2, 0) is 9.59 Å². The molecule has 4 aliphatic rings. The van der Waals surface area contributed by atoms with E-state index in [-0.39, 0.29) is 23.4 Å². The van der Waals surface area contributed by atoms with E-state index in [9.17, 15) is 9.59 Å². The largest absolute Gasteiger partial charge is 0.288 e. The maximum atomic E-state index is 13.0. The Labute approximate surface area is 155 Å². The molecule has 0 spiro atoms. The van der Waals surface area contributed by atoms with E-state index >= 15 is 0 Å². The molecule has 2 nitrogen and oxygen atoms in total. The van der Waals surface area contributed by atoms with Crippen LogP contribution >= 0.6 is 31.9 Å². The van der Waals surface area contributed by atoms with Gasteiger partial charge in [0.2, 0.25) is 0 Å². The quantitative estimate of drug-likeness (QED) is 0.554. The molecule has 0 saturated carbocycles. The van der Waals surface area contributed by atoms with Gasteiger partial charge in [0, 0.05) is 23.0 Å². The monoisotopic (exact) mass is 440 g/mol. The van der Waals surface area contributed by atoms with Crippen LogP contribution in [0.4, 0.5) is 0 Å². The molecule has 2 aromatic carbocycles. The van der Waals surface area contributed by atoms with E-state index in [1.54, 1.807) is 0 Å². The first-order valence-corrected chi connectivity index (χ1v) is 9.26. The third kappa shape index (κ3) is 1.60. The summed E-state index contributed by atoms with van der Waals surface area (Å²) in [4.78, 5) is 26.0. The van der Waals surface area contributed by atoms with E-state index in [1.165, 1.54) is 0 Å². The number of Topliss-reactive ketones (excluding diaryl/α,β-unsaturated/α-hetero) is 2. The summed E-state index contributed by atoms with van der Waals surface area (Å²) < 4.78 is 0.655. The van der Waals surface area contributed by atoms with Gasteiger partial charge < -0.3 is 0 Å². The second kappa shape index (κ2) is 4.87. The normalized spacial score (nSPS) is 24.1. The zero-order chi connectivity index (χ0) is 16.6. The van der Waals surface area contributed by atoms with E-state index in [4.69, 9.17) is 0 Å². The SMILES string of the molecule is O=C1C(Br)=C(Br)C(=O)C2=C1C1c3ccccc3C2c2ccccc21. The topological polar surface area (TPSA) is 34.1 Å². The van der Waals surface area contributed by atoms with Gasteiger partial charge in [0.1, 0.15) is 0 Å². The standard InChI is InChI=1S/C20H10Br2O2/c21-17-18(22)20(24)16-14-10-6-2-1-5-9(10)13(15(16)19(17)23)11-7-3-4-8-12(11)14/h1-8,13-14H. The zero-order valence-corrected chi connectivity index (χ0v) is 15.5. The lowest BCUT2D eigenvalue weighted by atomic mass is 9.58. The maximum absolute atomic E-state index is 13.0. The third-order valence-electron chi connectivity index (χ3n) is 5.18. The number of hydrogen-bond acceptors (Lipinski definition) is 2. The van der Waals surface area contributed by atoms with Crippen LogP contribution in [0.2, 0.25) is 0 Å². The average molecular weight is 442 g/mol. The van der Waals surface area contributed by atoms with Crippen molar-refractivity contribution in [3.05, 3.63) is 90.9 Å². The minimum atomic E-state index is -0.165. The molecule has 0 heterocycles. The van der Waals surface area contributed by atoms with E-state index in [0.29, 0.717) is 20.1 Å². The summed E-state index contributed by atoms with van der Waals surface area (Å²) in [5.41, 5.74) is 5.83. The van der Waals surface area contributed by atoms with Gasteiger partial charge in [-0.05, 0) is 54.1 Å². The van der Waals surface area contributed by atoms with Crippen molar-refractivity contribution < 1.29 is 9.59 Å². The highest BCUT2D eigenvalue weighted by Gasteiger charge is 2.49. The number of benzene rings is 2. The molecule has 2 bridgehead atoms. The molecular weight excluding hydrogens is 432 g/mol. The summed E-state index contributed by atoms with van der Waals surface area (Å²) in [5.74, 6) is -0.505. The number of ketones is 2. The van der Waals surface area contributed by atoms with Gasteiger partial charge in [0.25, 0.3) is 0 Å². The van der Waals surface area contributed by atoms with Gasteiger partial charge in [-0.2, -0.15) is 0 Å². The lowest BCUT2D eigenvalue weighted by Crippen LogP contribution is -2.36. The summed E-state index contributed by atoms with van der Waals surface area (Å²) in [6.45, 7) is 0. The Kier molecular flexibility index (Phi) is 2.95. The highest BCUT2D eigenvalue weighted by Crippen LogP contribution is 2.58. The molecule has 0 atom stereocenters. The summed E-state index contributed by atoms with van der Waals surface area (Å²) in [7, 11) is 0. The molecule has 0 amide bonds. The molecule has 4 aliphatic carbocycles. The van der Waals surface area contributed by atoms with Crippen LogP contribution in [0.25, 0.3) is 0 Å². The lowest BCUT2D eigenvalue weighted by molar-refractivity contribution is -0.116. The van der Waals surface area contributed by atoms with Gasteiger partial charge in [-0.25, -0.2) is 0 Å². The number of hydrogen-bond donors (Lipinski definition) is 0. The first kappa shape index (κ1) is 14.6. The van der Waals surface area contributed by atoms with Gasteiger partial charge in [-0.1, -0.05) is 48.5 Å². The molecule has 2 aromatic rings.